The van der Waals surface area contributed by atoms with Gasteiger partial charge in [0.15, 0.2) is 0 Å². The lowest BCUT2D eigenvalue weighted by Gasteiger charge is -2.30. The number of anilines is 2. The number of carbonyl (C=O) groups excluding carboxylic acids is 1. The Bertz CT molecular complexity index is 943. The molecule has 1 fully saturated rings. The monoisotopic (exact) mass is 455 g/mol. The number of aromatic nitrogens is 2. The maximum atomic E-state index is 13.0. The lowest BCUT2D eigenvalue weighted by atomic mass is 9.91. The molecule has 1 aromatic carbocycles. The molecule has 0 aliphatic heterocycles. The quantitative estimate of drug-likeness (QED) is 0.685. The van der Waals surface area contributed by atoms with Crippen molar-refractivity contribution in [2.75, 3.05) is 24.3 Å². The second kappa shape index (κ2) is 9.30. The number of hydrogen-bond donors (Lipinski definition) is 2. The highest BCUT2D eigenvalue weighted by Crippen LogP contribution is 2.35. The van der Waals surface area contributed by atoms with Crippen molar-refractivity contribution in [3.63, 3.8) is 0 Å². The Hall–Kier alpha value is -2.55. The normalized spacial score (nSPS) is 19.1. The zero-order valence-electron chi connectivity index (χ0n) is 17.6. The third kappa shape index (κ3) is 6.00. The van der Waals surface area contributed by atoms with Gasteiger partial charge in [0.2, 0.25) is 0 Å². The van der Waals surface area contributed by atoms with Gasteiger partial charge in [0.25, 0.3) is 5.91 Å². The third-order valence-corrected chi connectivity index (χ3v) is 5.56. The van der Waals surface area contributed by atoms with Crippen LogP contribution < -0.4 is 15.5 Å². The van der Waals surface area contributed by atoms with Crippen LogP contribution in [-0.2, 0) is 6.18 Å². The van der Waals surface area contributed by atoms with Crippen molar-refractivity contribution < 1.29 is 18.0 Å². The maximum Gasteiger partial charge on any atom is 0.417 e. The summed E-state index contributed by atoms with van der Waals surface area (Å²) in [4.78, 5) is 23.2. The van der Waals surface area contributed by atoms with E-state index in [1.165, 1.54) is 6.07 Å². The highest BCUT2D eigenvalue weighted by atomic mass is 35.5. The summed E-state index contributed by atoms with van der Waals surface area (Å²) in [5.41, 5.74) is -1.06. The molecule has 0 saturated heterocycles. The first kappa shape index (κ1) is 23.1. The second-order valence-corrected chi connectivity index (χ2v) is 8.32. The molecule has 0 spiro atoms. The summed E-state index contributed by atoms with van der Waals surface area (Å²) < 4.78 is 39.1. The molecular formula is C21H25ClF3N5O. The van der Waals surface area contributed by atoms with Gasteiger partial charge in [-0.05, 0) is 50.8 Å². The first-order chi connectivity index (χ1) is 14.5. The Morgan fingerprint density at radius 2 is 1.74 bits per heavy atom. The van der Waals surface area contributed by atoms with Gasteiger partial charge in [-0.1, -0.05) is 11.6 Å². The predicted molar refractivity (Wildman–Crippen MR) is 115 cm³/mol. The van der Waals surface area contributed by atoms with Gasteiger partial charge in [0.1, 0.15) is 17.5 Å². The van der Waals surface area contributed by atoms with Gasteiger partial charge < -0.3 is 15.5 Å². The van der Waals surface area contributed by atoms with Crippen LogP contribution in [0, 0.1) is 6.92 Å². The summed E-state index contributed by atoms with van der Waals surface area (Å²) in [6.45, 7) is 1.84. The van der Waals surface area contributed by atoms with Crippen LogP contribution in [-0.4, -0.2) is 42.1 Å². The van der Waals surface area contributed by atoms with E-state index < -0.39 is 22.7 Å². The fourth-order valence-electron chi connectivity index (χ4n) is 3.60. The van der Waals surface area contributed by atoms with Crippen LogP contribution in [0.4, 0.5) is 24.8 Å². The maximum absolute atomic E-state index is 13.0. The Balaban J connectivity index is 1.57. The van der Waals surface area contributed by atoms with Crippen molar-refractivity contribution in [2.24, 2.45) is 0 Å². The molecule has 168 valence electrons. The minimum Gasteiger partial charge on any atom is -0.367 e. The summed E-state index contributed by atoms with van der Waals surface area (Å²) in [6.07, 6.45) is -1.57. The van der Waals surface area contributed by atoms with Crippen molar-refractivity contribution in [3.05, 3.63) is 46.2 Å². The van der Waals surface area contributed by atoms with Crippen molar-refractivity contribution in [2.45, 2.75) is 50.9 Å². The summed E-state index contributed by atoms with van der Waals surface area (Å²) in [5, 5.41) is 5.84. The Kier molecular flexibility index (Phi) is 6.93. The molecule has 10 heteroatoms. The van der Waals surface area contributed by atoms with E-state index in [2.05, 4.69) is 20.6 Å². The van der Waals surface area contributed by atoms with E-state index in [0.717, 1.165) is 36.6 Å². The summed E-state index contributed by atoms with van der Waals surface area (Å²) in [7, 11) is 3.83. The van der Waals surface area contributed by atoms with Crippen molar-refractivity contribution in [1.29, 1.82) is 0 Å². The summed E-state index contributed by atoms with van der Waals surface area (Å²) in [6, 6.07) is 5.19. The number of hydrogen-bond acceptors (Lipinski definition) is 5. The number of amides is 1. The number of aryl methyl sites for hydroxylation is 1. The smallest absolute Gasteiger partial charge is 0.367 e. The molecule has 0 bridgehead atoms. The molecule has 0 radical (unpaired) electrons. The Labute approximate surface area is 184 Å². The van der Waals surface area contributed by atoms with E-state index in [4.69, 9.17) is 11.6 Å². The van der Waals surface area contributed by atoms with E-state index in [1.807, 2.05) is 32.0 Å². The van der Waals surface area contributed by atoms with Crippen LogP contribution in [0.5, 0.6) is 0 Å². The SMILES string of the molecule is Cc1nc(N[C@H]2CC[C@@H](NC(=O)c3ccc(Cl)c(C(F)(F)F)c3)CC2)cc(N(C)C)n1. The molecule has 1 aromatic heterocycles. The number of halogens is 4. The van der Waals surface area contributed by atoms with Crippen LogP contribution in [0.15, 0.2) is 24.3 Å². The Morgan fingerprint density at radius 3 is 2.35 bits per heavy atom. The Morgan fingerprint density at radius 1 is 1.10 bits per heavy atom. The molecule has 0 atom stereocenters. The first-order valence-corrected chi connectivity index (χ1v) is 10.4. The van der Waals surface area contributed by atoms with E-state index >= 15 is 0 Å². The average Bonchev–Trinajstić information content (AvgIpc) is 2.68. The molecule has 31 heavy (non-hydrogen) atoms. The van der Waals surface area contributed by atoms with Gasteiger partial charge >= 0.3 is 6.18 Å². The highest BCUT2D eigenvalue weighted by Gasteiger charge is 2.34. The van der Waals surface area contributed by atoms with Crippen molar-refractivity contribution in [1.82, 2.24) is 15.3 Å². The molecule has 1 heterocycles. The van der Waals surface area contributed by atoms with Gasteiger partial charge in [0, 0.05) is 37.8 Å². The molecule has 3 rings (SSSR count). The number of nitrogens with one attached hydrogen (secondary N) is 2. The van der Waals surface area contributed by atoms with E-state index in [0.29, 0.717) is 18.7 Å². The third-order valence-electron chi connectivity index (χ3n) is 5.23. The average molecular weight is 456 g/mol. The second-order valence-electron chi connectivity index (χ2n) is 7.91. The van der Waals surface area contributed by atoms with Gasteiger partial charge in [0.05, 0.1) is 10.6 Å². The largest absolute Gasteiger partial charge is 0.417 e. The van der Waals surface area contributed by atoms with Crippen LogP contribution in [0.25, 0.3) is 0 Å². The van der Waals surface area contributed by atoms with E-state index in [1.54, 1.807) is 0 Å². The highest BCUT2D eigenvalue weighted by molar-refractivity contribution is 6.31. The summed E-state index contributed by atoms with van der Waals surface area (Å²) >= 11 is 5.63. The van der Waals surface area contributed by atoms with Gasteiger partial charge in [-0.3, -0.25) is 4.79 Å². The predicted octanol–water partition coefficient (Wildman–Crippen LogP) is 4.68. The minimum atomic E-state index is -4.61. The lowest BCUT2D eigenvalue weighted by Crippen LogP contribution is -2.40. The number of rotatable bonds is 5. The molecule has 0 unspecified atom stereocenters. The minimum absolute atomic E-state index is 0.0513. The van der Waals surface area contributed by atoms with Crippen LogP contribution in [0.2, 0.25) is 5.02 Å². The molecule has 1 aliphatic carbocycles. The zero-order chi connectivity index (χ0) is 22.8. The first-order valence-electron chi connectivity index (χ1n) is 10.00. The molecule has 2 N–H and O–H groups in total. The van der Waals surface area contributed by atoms with Gasteiger partial charge in [-0.2, -0.15) is 13.2 Å². The molecule has 1 amide bonds. The number of nitrogens with zero attached hydrogens (tertiary/aromatic N) is 3. The van der Waals surface area contributed by atoms with E-state index in [9.17, 15) is 18.0 Å². The van der Waals surface area contributed by atoms with E-state index in [-0.39, 0.29) is 17.6 Å². The van der Waals surface area contributed by atoms with Gasteiger partial charge in [-0.25, -0.2) is 9.97 Å². The fraction of sp³-hybridized carbons (Fsp3) is 0.476. The molecule has 2 aromatic rings. The van der Waals surface area contributed by atoms with Crippen molar-refractivity contribution >= 4 is 29.1 Å². The van der Waals surface area contributed by atoms with Crippen molar-refractivity contribution in [3.8, 4) is 0 Å². The number of alkyl halides is 3. The summed E-state index contributed by atoms with van der Waals surface area (Å²) in [5.74, 6) is 1.72. The van der Waals surface area contributed by atoms with Crippen LogP contribution in [0.3, 0.4) is 0 Å². The lowest BCUT2D eigenvalue weighted by molar-refractivity contribution is -0.137. The zero-order valence-corrected chi connectivity index (χ0v) is 18.3. The standard InChI is InChI=1S/C21H25ClF3N5O/c1-12-26-18(11-19(27-12)30(2)3)28-14-5-7-15(8-6-14)29-20(31)13-4-9-17(22)16(10-13)21(23,24)25/h4,9-11,14-15H,5-8H2,1-3H3,(H,29,31)(H,26,27,28)/t14-,15+. The molecule has 1 aliphatic rings. The van der Waals surface area contributed by atoms with Gasteiger partial charge in [-0.15, -0.1) is 0 Å². The topological polar surface area (TPSA) is 70.2 Å². The number of carbonyl (C=O) groups is 1. The molecular weight excluding hydrogens is 431 g/mol. The molecule has 1 saturated carbocycles. The number of benzene rings is 1. The van der Waals surface area contributed by atoms with Crippen LogP contribution >= 0.6 is 11.6 Å². The van der Waals surface area contributed by atoms with Crippen LogP contribution in [0.1, 0.15) is 47.4 Å². The molecule has 6 nitrogen and oxygen atoms in total. The fourth-order valence-corrected chi connectivity index (χ4v) is 3.82.